The number of aryl methyl sites for hydroxylation is 1. The van der Waals surface area contributed by atoms with Crippen molar-refractivity contribution in [3.05, 3.63) is 90.3 Å². The molecule has 3 heterocycles. The van der Waals surface area contributed by atoms with Gasteiger partial charge in [-0.25, -0.2) is 0 Å². The molecule has 5 heteroatoms. The summed E-state index contributed by atoms with van der Waals surface area (Å²) in [6.45, 7) is 13.4. The Balaban J connectivity index is 1.51. The molecule has 4 nitrogen and oxygen atoms in total. The van der Waals surface area contributed by atoms with Gasteiger partial charge in [-0.3, -0.25) is 0 Å². The highest BCUT2D eigenvalue weighted by Crippen LogP contribution is 2.40. The van der Waals surface area contributed by atoms with Crippen LogP contribution >= 0.6 is 0 Å². The molecule has 0 unspecified atom stereocenters. The van der Waals surface area contributed by atoms with Gasteiger partial charge in [0.25, 0.3) is 6.71 Å². The zero-order chi connectivity index (χ0) is 27.3. The summed E-state index contributed by atoms with van der Waals surface area (Å²) in [5.41, 5.74) is 9.13. The maximum absolute atomic E-state index is 6.71. The maximum atomic E-state index is 6.71. The monoisotopic (exact) mass is 512 g/mol. The predicted octanol–water partition coefficient (Wildman–Crippen LogP) is 5.58. The molecule has 0 saturated heterocycles. The van der Waals surface area contributed by atoms with Gasteiger partial charge in [-0.1, -0.05) is 90.1 Å². The number of fused-ring (bicyclic) bond motifs is 5. The highest BCUT2D eigenvalue weighted by Gasteiger charge is 2.41. The van der Waals surface area contributed by atoms with Gasteiger partial charge in [-0.2, -0.15) is 0 Å². The highest BCUT2D eigenvalue weighted by molar-refractivity contribution is 6.98. The Morgan fingerprint density at radius 3 is 1.95 bits per heavy atom. The largest absolute Gasteiger partial charge is 0.459 e. The second kappa shape index (κ2) is 8.01. The van der Waals surface area contributed by atoms with Crippen LogP contribution in [0.5, 0.6) is 23.0 Å². The molecule has 2 aliphatic rings. The number of para-hydroxylation sites is 1. The first-order valence-corrected chi connectivity index (χ1v) is 13.7. The molecule has 0 aliphatic carbocycles. The number of rotatable bonds is 1. The molecular weight excluding hydrogens is 479 g/mol. The van der Waals surface area contributed by atoms with Crippen molar-refractivity contribution < 1.29 is 14.0 Å². The lowest BCUT2D eigenvalue weighted by Gasteiger charge is -2.35. The molecule has 2 aliphatic heterocycles. The first kappa shape index (κ1) is 24.1. The molecule has 0 radical (unpaired) electrons. The Morgan fingerprint density at radius 2 is 1.31 bits per heavy atom. The van der Waals surface area contributed by atoms with Gasteiger partial charge in [0.05, 0.1) is 23.8 Å². The first-order chi connectivity index (χ1) is 18.5. The van der Waals surface area contributed by atoms with Crippen molar-refractivity contribution in [3.8, 4) is 28.7 Å². The van der Waals surface area contributed by atoms with Crippen LogP contribution in [0.15, 0.2) is 72.8 Å². The van der Waals surface area contributed by atoms with Crippen LogP contribution < -0.4 is 30.4 Å². The van der Waals surface area contributed by atoms with E-state index in [1.165, 1.54) is 16.6 Å². The molecule has 0 atom stereocenters. The lowest BCUT2D eigenvalue weighted by Crippen LogP contribution is -2.57. The average molecular weight is 512 g/mol. The van der Waals surface area contributed by atoms with E-state index < -0.39 is 0 Å². The molecule has 4 aromatic carbocycles. The number of aromatic nitrogens is 2. The van der Waals surface area contributed by atoms with E-state index in [-0.39, 0.29) is 17.5 Å². The summed E-state index contributed by atoms with van der Waals surface area (Å²) in [4.78, 5) is 0. The first-order valence-electron chi connectivity index (χ1n) is 13.7. The van der Waals surface area contributed by atoms with Crippen molar-refractivity contribution in [2.45, 2.75) is 52.4 Å². The Bertz CT molecular complexity index is 1790. The topological polar surface area (TPSA) is 27.3 Å². The smallest absolute Gasteiger partial charge is 0.259 e. The zero-order valence-electron chi connectivity index (χ0n) is 23.7. The van der Waals surface area contributed by atoms with Gasteiger partial charge in [-0.05, 0) is 57.1 Å². The molecule has 194 valence electrons. The van der Waals surface area contributed by atoms with E-state index in [9.17, 15) is 0 Å². The lowest BCUT2D eigenvalue weighted by atomic mass is 9.34. The summed E-state index contributed by atoms with van der Waals surface area (Å²) in [6, 6.07) is 26.0. The SMILES string of the molecule is C[n+]1[c-]n(-c2ccccc2)c2cc3c(cc21)Oc1cc(C(C)(C)C)cc2c1B3c1ccc(C(C)(C)C)cc1O2. The number of hydrogen-bond donors (Lipinski definition) is 0. The molecule has 7 rings (SSSR count). The summed E-state index contributed by atoms with van der Waals surface area (Å²) in [6.07, 6.45) is 3.50. The fourth-order valence-electron chi connectivity index (χ4n) is 5.90. The van der Waals surface area contributed by atoms with E-state index in [0.29, 0.717) is 0 Å². The molecule has 1 aromatic heterocycles. The van der Waals surface area contributed by atoms with Crippen molar-refractivity contribution in [1.29, 1.82) is 0 Å². The average Bonchev–Trinajstić information content (AvgIpc) is 3.21. The molecular formula is C34H33BN2O2. The van der Waals surface area contributed by atoms with Crippen LogP contribution in [-0.2, 0) is 17.9 Å². The second-order valence-electron chi connectivity index (χ2n) is 13.0. The van der Waals surface area contributed by atoms with Gasteiger partial charge in [0.2, 0.25) is 6.33 Å². The zero-order valence-corrected chi connectivity index (χ0v) is 23.7. The normalized spacial score (nSPS) is 13.9. The lowest BCUT2D eigenvalue weighted by molar-refractivity contribution is -0.649. The summed E-state index contributed by atoms with van der Waals surface area (Å²) >= 11 is 0. The third-order valence-electron chi connectivity index (χ3n) is 8.17. The molecule has 0 spiro atoms. The minimum Gasteiger partial charge on any atom is -0.459 e. The van der Waals surface area contributed by atoms with Gasteiger partial charge in [-0.15, -0.1) is 0 Å². The quantitative estimate of drug-likeness (QED) is 0.163. The molecule has 5 aromatic rings. The van der Waals surface area contributed by atoms with E-state index in [1.54, 1.807) is 0 Å². The van der Waals surface area contributed by atoms with Crippen LogP contribution in [-0.4, -0.2) is 11.3 Å². The fourth-order valence-corrected chi connectivity index (χ4v) is 5.90. The maximum Gasteiger partial charge on any atom is 0.259 e. The number of imidazole rings is 1. The number of ether oxygens (including phenoxy) is 2. The Kier molecular flexibility index (Phi) is 4.95. The fraction of sp³-hybridized carbons (Fsp3) is 0.265. The third kappa shape index (κ3) is 3.70. The number of nitrogens with zero attached hydrogens (tertiary/aromatic N) is 2. The Hall–Kier alpha value is -3.99. The highest BCUT2D eigenvalue weighted by atomic mass is 16.5. The van der Waals surface area contributed by atoms with Gasteiger partial charge >= 0.3 is 0 Å². The van der Waals surface area contributed by atoms with Crippen molar-refractivity contribution in [2.24, 2.45) is 7.05 Å². The van der Waals surface area contributed by atoms with Gasteiger partial charge in [0.15, 0.2) is 0 Å². The Morgan fingerprint density at radius 1 is 0.692 bits per heavy atom. The molecule has 0 bridgehead atoms. The molecule has 0 saturated carbocycles. The van der Waals surface area contributed by atoms with E-state index in [4.69, 9.17) is 9.47 Å². The van der Waals surface area contributed by atoms with Crippen molar-refractivity contribution in [2.75, 3.05) is 0 Å². The molecule has 0 amide bonds. The van der Waals surface area contributed by atoms with E-state index in [0.717, 1.165) is 50.6 Å². The second-order valence-corrected chi connectivity index (χ2v) is 13.0. The Labute approximate surface area is 230 Å². The van der Waals surface area contributed by atoms with Gasteiger partial charge in [0, 0.05) is 5.46 Å². The van der Waals surface area contributed by atoms with Crippen LogP contribution in [0.4, 0.5) is 0 Å². The standard InChI is InChI=1S/C34H33BN2O2/c1-33(2,3)21-13-14-24-28(15-21)38-30-16-22(34(4,5)6)17-31-32(30)35(24)25-18-27-26(19-29(25)39-31)36(7)20-37(27)23-11-9-8-10-12-23/h8-19H,1-7H3. The van der Waals surface area contributed by atoms with Crippen molar-refractivity contribution in [1.82, 2.24) is 4.57 Å². The van der Waals surface area contributed by atoms with Crippen LogP contribution in [0.25, 0.3) is 16.7 Å². The minimum absolute atomic E-state index is 0.0133. The van der Waals surface area contributed by atoms with Crippen LogP contribution in [0, 0.1) is 6.33 Å². The number of benzene rings is 4. The summed E-state index contributed by atoms with van der Waals surface area (Å²) in [7, 11) is 2.04. The van der Waals surface area contributed by atoms with Gasteiger partial charge in [0.1, 0.15) is 23.0 Å². The summed E-state index contributed by atoms with van der Waals surface area (Å²) in [5.74, 6) is 3.59. The van der Waals surface area contributed by atoms with Crippen LogP contribution in [0.1, 0.15) is 52.7 Å². The minimum atomic E-state index is -0.0418. The third-order valence-corrected chi connectivity index (χ3v) is 8.17. The van der Waals surface area contributed by atoms with Crippen LogP contribution in [0.2, 0.25) is 0 Å². The van der Waals surface area contributed by atoms with Crippen LogP contribution in [0.3, 0.4) is 0 Å². The van der Waals surface area contributed by atoms with Crippen molar-refractivity contribution in [3.63, 3.8) is 0 Å². The number of hydrogen-bond acceptors (Lipinski definition) is 2. The van der Waals surface area contributed by atoms with E-state index in [2.05, 4.69) is 119 Å². The molecule has 0 fully saturated rings. The van der Waals surface area contributed by atoms with Crippen molar-refractivity contribution >= 4 is 34.1 Å². The summed E-state index contributed by atoms with van der Waals surface area (Å²) < 4.78 is 17.6. The predicted molar refractivity (Wildman–Crippen MR) is 158 cm³/mol. The van der Waals surface area contributed by atoms with E-state index in [1.807, 2.05) is 17.7 Å². The van der Waals surface area contributed by atoms with E-state index >= 15 is 0 Å². The molecule has 0 N–H and O–H groups in total. The molecule has 39 heavy (non-hydrogen) atoms. The summed E-state index contributed by atoms with van der Waals surface area (Å²) in [5, 5.41) is 0. The van der Waals surface area contributed by atoms with Gasteiger partial charge < -0.3 is 18.6 Å².